The molecule has 3 N–H and O–H groups in total. The van der Waals surface area contributed by atoms with E-state index in [1.807, 2.05) is 6.92 Å². The maximum atomic E-state index is 12.7. The third-order valence-electron chi connectivity index (χ3n) is 6.96. The van der Waals surface area contributed by atoms with Crippen molar-refractivity contribution >= 4 is 36.6 Å². The Kier molecular flexibility index (Phi) is 8.92. The Morgan fingerprint density at radius 2 is 1.94 bits per heavy atom. The van der Waals surface area contributed by atoms with Gasteiger partial charge in [-0.3, -0.25) is 9.59 Å². The summed E-state index contributed by atoms with van der Waals surface area (Å²) in [5, 5.41) is 6.61. The lowest BCUT2D eigenvalue weighted by molar-refractivity contribution is -0.149. The second-order valence-electron chi connectivity index (χ2n) is 8.78. The monoisotopic (exact) mass is 473 g/mol. The molecule has 4 rings (SSSR count). The number of carbonyl (C=O) groups is 2. The second kappa shape index (κ2) is 10.8. The quantitative estimate of drug-likeness (QED) is 0.596. The van der Waals surface area contributed by atoms with E-state index in [1.165, 1.54) is 0 Å². The molecule has 3 saturated heterocycles. The van der Waals surface area contributed by atoms with E-state index in [2.05, 4.69) is 25.5 Å². The van der Waals surface area contributed by atoms with Crippen LogP contribution in [0.25, 0.3) is 0 Å². The molecule has 4 heterocycles. The molecule has 8 nitrogen and oxygen atoms in total. The predicted octanol–water partition coefficient (Wildman–Crippen LogP) is 1.27. The molecule has 3 fully saturated rings. The van der Waals surface area contributed by atoms with E-state index in [9.17, 15) is 14.4 Å². The molecular weight excluding hydrogens is 441 g/mol. The molecule has 0 aliphatic carbocycles. The van der Waals surface area contributed by atoms with Crippen LogP contribution in [0.3, 0.4) is 0 Å². The molecule has 1 aromatic rings. The Morgan fingerprint density at radius 1 is 1.19 bits per heavy atom. The summed E-state index contributed by atoms with van der Waals surface area (Å²) in [5.41, 5.74) is 2.00. The first-order valence-corrected chi connectivity index (χ1v) is 10.8. The topological polar surface area (TPSA) is 107 Å². The molecule has 3 aliphatic heterocycles. The second-order valence-corrected chi connectivity index (χ2v) is 8.78. The Balaban J connectivity index is 0.00000171. The average Bonchev–Trinajstić information content (AvgIpc) is 2.68. The van der Waals surface area contributed by atoms with Gasteiger partial charge < -0.3 is 20.5 Å². The van der Waals surface area contributed by atoms with Crippen LogP contribution in [0.5, 0.6) is 0 Å². The standard InChI is InChI=1S/C21H31N5O3.2ClH/c1-12-16(13(2)25-21(29)24-12)6-7-19(27)23-11-18-15-8-14(9-22-10-15)17-4-3-5-20(28)26(17)18;;/h14-15,17-18,22H,3-11H2,1-2H3,(H,23,27)(H,24,25,29);2*1H/t14-,15+,17+,18+;;/m1../s1. The van der Waals surface area contributed by atoms with E-state index in [0.29, 0.717) is 49.4 Å². The van der Waals surface area contributed by atoms with E-state index in [1.54, 1.807) is 6.92 Å². The van der Waals surface area contributed by atoms with E-state index in [-0.39, 0.29) is 48.4 Å². The molecule has 0 saturated carbocycles. The van der Waals surface area contributed by atoms with Crippen LogP contribution in [0.2, 0.25) is 0 Å². The number of halogens is 2. The number of aromatic amines is 1. The number of carbonyl (C=O) groups excluding carboxylic acids is 2. The number of piperidine rings is 3. The van der Waals surface area contributed by atoms with E-state index < -0.39 is 0 Å². The summed E-state index contributed by atoms with van der Waals surface area (Å²) in [7, 11) is 0. The highest BCUT2D eigenvalue weighted by molar-refractivity contribution is 5.85. The van der Waals surface area contributed by atoms with Crippen LogP contribution in [-0.2, 0) is 16.0 Å². The minimum atomic E-state index is -0.356. The number of nitrogens with zero attached hydrogens (tertiary/aromatic N) is 2. The summed E-state index contributed by atoms with van der Waals surface area (Å²) in [5.74, 6) is 1.17. The lowest BCUT2D eigenvalue weighted by Gasteiger charge is -2.54. The smallest absolute Gasteiger partial charge is 0.345 e. The number of hydrogen-bond acceptors (Lipinski definition) is 5. The first-order valence-electron chi connectivity index (χ1n) is 10.8. The van der Waals surface area contributed by atoms with Crippen molar-refractivity contribution in [3.05, 3.63) is 27.4 Å². The fourth-order valence-corrected chi connectivity index (χ4v) is 5.57. The molecule has 0 unspecified atom stereocenters. The maximum Gasteiger partial charge on any atom is 0.345 e. The average molecular weight is 474 g/mol. The van der Waals surface area contributed by atoms with Crippen molar-refractivity contribution in [3.8, 4) is 0 Å². The van der Waals surface area contributed by atoms with Gasteiger partial charge in [-0.25, -0.2) is 4.79 Å². The third-order valence-corrected chi connectivity index (χ3v) is 6.96. The molecule has 0 aromatic carbocycles. The Labute approximate surface area is 195 Å². The van der Waals surface area contributed by atoms with Crippen molar-refractivity contribution in [2.75, 3.05) is 19.6 Å². The van der Waals surface area contributed by atoms with Gasteiger partial charge in [0.1, 0.15) is 0 Å². The number of aromatic nitrogens is 2. The summed E-state index contributed by atoms with van der Waals surface area (Å²) >= 11 is 0. The molecule has 31 heavy (non-hydrogen) atoms. The van der Waals surface area contributed by atoms with Gasteiger partial charge in [-0.15, -0.1) is 24.8 Å². The summed E-state index contributed by atoms with van der Waals surface area (Å²) in [6.45, 7) is 6.05. The number of hydrogen-bond donors (Lipinski definition) is 3. The van der Waals surface area contributed by atoms with Crippen molar-refractivity contribution in [2.24, 2.45) is 11.8 Å². The minimum absolute atomic E-state index is 0. The van der Waals surface area contributed by atoms with Gasteiger partial charge in [-0.2, -0.15) is 4.98 Å². The van der Waals surface area contributed by atoms with Crippen LogP contribution in [0.4, 0.5) is 0 Å². The number of fused-ring (bicyclic) bond motifs is 4. The summed E-state index contributed by atoms with van der Waals surface area (Å²) in [4.78, 5) is 45.4. The highest BCUT2D eigenvalue weighted by atomic mass is 35.5. The minimum Gasteiger partial charge on any atom is -0.354 e. The van der Waals surface area contributed by atoms with Crippen molar-refractivity contribution in [1.29, 1.82) is 0 Å². The van der Waals surface area contributed by atoms with Crippen LogP contribution in [0.1, 0.15) is 49.1 Å². The first kappa shape index (κ1) is 25.6. The fourth-order valence-electron chi connectivity index (χ4n) is 5.57. The van der Waals surface area contributed by atoms with Crippen molar-refractivity contribution in [2.45, 2.75) is 64.5 Å². The van der Waals surface area contributed by atoms with Crippen LogP contribution in [0, 0.1) is 25.7 Å². The molecule has 0 spiro atoms. The molecule has 2 bridgehead atoms. The Bertz CT molecular complexity index is 836. The summed E-state index contributed by atoms with van der Waals surface area (Å²) in [6.07, 6.45) is 4.70. The molecule has 4 atom stereocenters. The van der Waals surface area contributed by atoms with Crippen LogP contribution < -0.4 is 16.3 Å². The van der Waals surface area contributed by atoms with Gasteiger partial charge in [0.15, 0.2) is 0 Å². The number of aryl methyl sites for hydroxylation is 2. The molecule has 10 heteroatoms. The molecular formula is C21H33Cl2N5O3. The fraction of sp³-hybridized carbons (Fsp3) is 0.714. The van der Waals surface area contributed by atoms with Gasteiger partial charge in [0, 0.05) is 43.4 Å². The van der Waals surface area contributed by atoms with Gasteiger partial charge in [-0.05, 0) is 63.5 Å². The van der Waals surface area contributed by atoms with Crippen molar-refractivity contribution < 1.29 is 9.59 Å². The lowest BCUT2D eigenvalue weighted by atomic mass is 9.72. The van der Waals surface area contributed by atoms with Gasteiger partial charge in [-0.1, -0.05) is 0 Å². The van der Waals surface area contributed by atoms with E-state index in [0.717, 1.165) is 43.6 Å². The first-order chi connectivity index (χ1) is 13.9. The maximum absolute atomic E-state index is 12.7. The van der Waals surface area contributed by atoms with Crippen molar-refractivity contribution in [1.82, 2.24) is 25.5 Å². The Morgan fingerprint density at radius 3 is 2.68 bits per heavy atom. The van der Waals surface area contributed by atoms with Gasteiger partial charge in [0.05, 0.1) is 6.04 Å². The van der Waals surface area contributed by atoms with Gasteiger partial charge >= 0.3 is 5.69 Å². The summed E-state index contributed by atoms with van der Waals surface area (Å²) < 4.78 is 0. The largest absolute Gasteiger partial charge is 0.354 e. The van der Waals surface area contributed by atoms with Gasteiger partial charge in [0.25, 0.3) is 0 Å². The predicted molar refractivity (Wildman–Crippen MR) is 123 cm³/mol. The zero-order valence-corrected chi connectivity index (χ0v) is 19.7. The molecule has 2 amide bonds. The molecule has 1 aromatic heterocycles. The zero-order valence-electron chi connectivity index (χ0n) is 18.1. The normalized spacial score (nSPS) is 26.9. The van der Waals surface area contributed by atoms with Crippen LogP contribution in [-0.4, -0.2) is 58.4 Å². The molecule has 3 aliphatic rings. The number of rotatable bonds is 5. The van der Waals surface area contributed by atoms with Crippen molar-refractivity contribution in [3.63, 3.8) is 0 Å². The van der Waals surface area contributed by atoms with Gasteiger partial charge in [0.2, 0.25) is 11.8 Å². The van der Waals surface area contributed by atoms with Crippen LogP contribution in [0.15, 0.2) is 4.79 Å². The zero-order chi connectivity index (χ0) is 20.5. The van der Waals surface area contributed by atoms with E-state index >= 15 is 0 Å². The van der Waals surface area contributed by atoms with E-state index in [4.69, 9.17) is 0 Å². The number of amides is 2. The SMILES string of the molecule is Cc1nc(=O)[nH]c(C)c1CCC(=O)NC[C@H]1[C@@H]2CNC[C@@H](C2)[C@@H]2CCCC(=O)N21.Cl.Cl. The lowest BCUT2D eigenvalue weighted by Crippen LogP contribution is -2.66. The third kappa shape index (κ3) is 5.41. The number of nitrogens with one attached hydrogen (secondary N) is 3. The highest BCUT2D eigenvalue weighted by Gasteiger charge is 2.47. The van der Waals surface area contributed by atoms with Crippen LogP contribution >= 0.6 is 24.8 Å². The molecule has 174 valence electrons. The summed E-state index contributed by atoms with van der Waals surface area (Å²) in [6, 6.07) is 0.402. The highest BCUT2D eigenvalue weighted by Crippen LogP contribution is 2.39. The number of H-pyrrole nitrogens is 1. The Hall–Kier alpha value is -1.64. The molecule has 0 radical (unpaired) electrons.